The number of hydrogen-bond donors (Lipinski definition) is 1. The number of benzene rings is 1. The number of amides is 2. The molecule has 1 aromatic heterocycles. The molecule has 1 saturated heterocycles. The van der Waals surface area contributed by atoms with E-state index in [9.17, 15) is 9.59 Å². The van der Waals surface area contributed by atoms with Crippen LogP contribution in [0.2, 0.25) is 0 Å². The molecule has 0 bridgehead atoms. The minimum atomic E-state index is -0.150. The molecule has 0 aliphatic carbocycles. The largest absolute Gasteiger partial charge is 0.349 e. The first-order valence-electron chi connectivity index (χ1n) is 8.44. The Hall–Kier alpha value is -1.66. The van der Waals surface area contributed by atoms with E-state index >= 15 is 0 Å². The maximum absolute atomic E-state index is 12.7. The van der Waals surface area contributed by atoms with Crippen molar-refractivity contribution in [3.63, 3.8) is 0 Å². The van der Waals surface area contributed by atoms with Gasteiger partial charge in [-0.2, -0.15) is 0 Å². The number of hydrogen-bond acceptors (Lipinski definition) is 3. The van der Waals surface area contributed by atoms with Crippen molar-refractivity contribution in [2.24, 2.45) is 5.92 Å². The third kappa shape index (κ3) is 4.30. The van der Waals surface area contributed by atoms with Crippen LogP contribution in [0.25, 0.3) is 0 Å². The van der Waals surface area contributed by atoms with Crippen molar-refractivity contribution < 1.29 is 9.59 Å². The molecular weight excluding hydrogens is 400 g/mol. The first-order valence-corrected chi connectivity index (χ1v) is 10.1. The summed E-state index contributed by atoms with van der Waals surface area (Å²) in [6.45, 7) is 3.20. The van der Waals surface area contributed by atoms with Gasteiger partial charge >= 0.3 is 0 Å². The molecular formula is C19H21BrN2O2S. The molecule has 1 fully saturated rings. The van der Waals surface area contributed by atoms with Crippen molar-refractivity contribution in [3.8, 4) is 0 Å². The van der Waals surface area contributed by atoms with E-state index in [1.807, 2.05) is 53.6 Å². The smallest absolute Gasteiger partial charge is 0.263 e. The van der Waals surface area contributed by atoms with E-state index in [0.29, 0.717) is 6.54 Å². The summed E-state index contributed by atoms with van der Waals surface area (Å²) >= 11 is 4.98. The Bertz CT molecular complexity index is 748. The summed E-state index contributed by atoms with van der Waals surface area (Å²) in [5, 5.41) is 5.00. The fraction of sp³-hybridized carbons (Fsp3) is 0.368. The number of rotatable bonds is 4. The predicted molar refractivity (Wildman–Crippen MR) is 104 cm³/mol. The van der Waals surface area contributed by atoms with Crippen molar-refractivity contribution in [1.82, 2.24) is 10.2 Å². The van der Waals surface area contributed by atoms with Gasteiger partial charge in [0.25, 0.3) is 5.91 Å². The van der Waals surface area contributed by atoms with Crippen molar-refractivity contribution >= 4 is 39.1 Å². The number of thiophene rings is 1. The van der Waals surface area contributed by atoms with Gasteiger partial charge in [-0.05, 0) is 42.8 Å². The van der Waals surface area contributed by atoms with Crippen molar-refractivity contribution in [1.29, 1.82) is 0 Å². The zero-order valence-electron chi connectivity index (χ0n) is 14.1. The van der Waals surface area contributed by atoms with Gasteiger partial charge in [-0.25, -0.2) is 0 Å². The molecule has 2 unspecified atom stereocenters. The molecule has 25 heavy (non-hydrogen) atoms. The van der Waals surface area contributed by atoms with E-state index in [2.05, 4.69) is 21.2 Å². The summed E-state index contributed by atoms with van der Waals surface area (Å²) in [5.74, 6) is -0.0964. The number of halogens is 1. The lowest BCUT2D eigenvalue weighted by Crippen LogP contribution is -2.45. The van der Waals surface area contributed by atoms with Crippen molar-refractivity contribution in [2.45, 2.75) is 25.8 Å². The van der Waals surface area contributed by atoms with Crippen LogP contribution >= 0.6 is 27.3 Å². The molecule has 4 nitrogen and oxygen atoms in total. The molecule has 2 atom stereocenters. The second kappa shape index (κ2) is 8.15. The van der Waals surface area contributed by atoms with E-state index < -0.39 is 0 Å². The zero-order valence-corrected chi connectivity index (χ0v) is 16.5. The third-order valence-corrected chi connectivity index (χ3v) is 6.12. The monoisotopic (exact) mass is 420 g/mol. The highest BCUT2D eigenvalue weighted by Gasteiger charge is 2.30. The van der Waals surface area contributed by atoms with Gasteiger partial charge in [0.15, 0.2) is 0 Å². The molecule has 0 spiro atoms. The van der Waals surface area contributed by atoms with Gasteiger partial charge < -0.3 is 10.2 Å². The fourth-order valence-corrected chi connectivity index (χ4v) is 4.49. The van der Waals surface area contributed by atoms with E-state index in [1.165, 1.54) is 11.3 Å². The molecule has 132 valence electrons. The van der Waals surface area contributed by atoms with Crippen LogP contribution in [0.3, 0.4) is 0 Å². The van der Waals surface area contributed by atoms with Crippen LogP contribution in [-0.4, -0.2) is 29.8 Å². The van der Waals surface area contributed by atoms with Gasteiger partial charge in [-0.3, -0.25) is 9.59 Å². The highest BCUT2D eigenvalue weighted by molar-refractivity contribution is 9.10. The first-order chi connectivity index (χ1) is 12.1. The molecule has 3 rings (SSSR count). The molecule has 1 aromatic carbocycles. The van der Waals surface area contributed by atoms with Crippen LogP contribution in [0.5, 0.6) is 0 Å². The molecule has 0 saturated carbocycles. The lowest BCUT2D eigenvalue weighted by molar-refractivity contribution is -0.127. The molecule has 1 aliphatic rings. The second-order valence-electron chi connectivity index (χ2n) is 6.32. The van der Waals surface area contributed by atoms with Gasteiger partial charge in [0.05, 0.1) is 16.8 Å². The van der Waals surface area contributed by atoms with Crippen molar-refractivity contribution in [3.05, 3.63) is 56.7 Å². The Kier molecular flexibility index (Phi) is 5.91. The number of nitrogens with one attached hydrogen (secondary N) is 1. The number of likely N-dealkylation sites (tertiary alicyclic amines) is 1. The zero-order chi connectivity index (χ0) is 17.8. The van der Waals surface area contributed by atoms with Crippen molar-refractivity contribution in [2.75, 3.05) is 13.1 Å². The maximum Gasteiger partial charge on any atom is 0.263 e. The molecule has 2 aromatic rings. The lowest BCUT2D eigenvalue weighted by Gasteiger charge is -2.32. The summed E-state index contributed by atoms with van der Waals surface area (Å²) in [4.78, 5) is 27.7. The third-order valence-electron chi connectivity index (χ3n) is 4.54. The predicted octanol–water partition coefficient (Wildman–Crippen LogP) is 4.24. The Morgan fingerprint density at radius 1 is 1.28 bits per heavy atom. The molecule has 1 aliphatic heterocycles. The average molecular weight is 421 g/mol. The minimum absolute atomic E-state index is 0.0203. The Morgan fingerprint density at radius 2 is 2.08 bits per heavy atom. The number of nitrogens with zero attached hydrogens (tertiary/aromatic N) is 1. The highest BCUT2D eigenvalue weighted by Crippen LogP contribution is 2.25. The van der Waals surface area contributed by atoms with Crippen LogP contribution in [0.4, 0.5) is 0 Å². The average Bonchev–Trinajstić information content (AvgIpc) is 3.16. The Labute approximate surface area is 160 Å². The summed E-state index contributed by atoms with van der Waals surface area (Å²) in [6, 6.07) is 11.5. The summed E-state index contributed by atoms with van der Waals surface area (Å²) in [7, 11) is 0. The topological polar surface area (TPSA) is 49.4 Å². The van der Waals surface area contributed by atoms with Gasteiger partial charge in [-0.1, -0.05) is 40.2 Å². The number of piperidine rings is 1. The lowest BCUT2D eigenvalue weighted by atomic mass is 9.96. The number of carbonyl (C=O) groups excluding carboxylic acids is 2. The standard InChI is InChI=1S/C19H21BrN2O2S/c1-13(15-7-2-3-8-16(15)20)21-18(23)14-6-4-10-22(12-14)19(24)17-9-5-11-25-17/h2-3,5,7-9,11,13-14H,4,6,10,12H2,1H3,(H,21,23). The SMILES string of the molecule is CC(NC(=O)C1CCCN(C(=O)c2cccs2)C1)c1ccccc1Br. The van der Waals surface area contributed by atoms with E-state index in [4.69, 9.17) is 0 Å². The Balaban J connectivity index is 1.62. The van der Waals surface area contributed by atoms with Crippen LogP contribution in [-0.2, 0) is 4.79 Å². The van der Waals surface area contributed by atoms with E-state index in [1.54, 1.807) is 0 Å². The summed E-state index contributed by atoms with van der Waals surface area (Å²) in [5.41, 5.74) is 1.05. The maximum atomic E-state index is 12.7. The van der Waals surface area contributed by atoms with Gasteiger partial charge in [0.1, 0.15) is 0 Å². The first kappa shape index (κ1) is 18.1. The molecule has 2 heterocycles. The normalized spacial score (nSPS) is 18.6. The molecule has 1 N–H and O–H groups in total. The van der Waals surface area contributed by atoms with E-state index in [0.717, 1.165) is 34.3 Å². The molecule has 0 radical (unpaired) electrons. The van der Waals surface area contributed by atoms with Crippen LogP contribution in [0, 0.1) is 5.92 Å². The summed E-state index contributed by atoms with van der Waals surface area (Å²) in [6.07, 6.45) is 1.68. The summed E-state index contributed by atoms with van der Waals surface area (Å²) < 4.78 is 0.987. The highest BCUT2D eigenvalue weighted by atomic mass is 79.9. The minimum Gasteiger partial charge on any atom is -0.349 e. The number of carbonyl (C=O) groups is 2. The molecule has 6 heteroatoms. The van der Waals surface area contributed by atoms with Crippen LogP contribution in [0.1, 0.15) is 41.0 Å². The van der Waals surface area contributed by atoms with Gasteiger partial charge in [-0.15, -0.1) is 11.3 Å². The fourth-order valence-electron chi connectivity index (χ4n) is 3.17. The Morgan fingerprint density at radius 3 is 2.80 bits per heavy atom. The van der Waals surface area contributed by atoms with Gasteiger partial charge in [0, 0.05) is 17.6 Å². The van der Waals surface area contributed by atoms with E-state index in [-0.39, 0.29) is 23.8 Å². The second-order valence-corrected chi connectivity index (χ2v) is 8.12. The van der Waals surface area contributed by atoms with Gasteiger partial charge in [0.2, 0.25) is 5.91 Å². The molecule has 2 amide bonds. The van der Waals surface area contributed by atoms with Crippen LogP contribution in [0.15, 0.2) is 46.3 Å². The quantitative estimate of drug-likeness (QED) is 0.803. The van der Waals surface area contributed by atoms with Crippen LogP contribution < -0.4 is 5.32 Å².